The molecule has 14 heavy (non-hydrogen) atoms. The van der Waals surface area contributed by atoms with Crippen molar-refractivity contribution < 1.29 is 0 Å². The molecule has 0 fully saturated rings. The van der Waals surface area contributed by atoms with Crippen molar-refractivity contribution in [2.45, 2.75) is 11.6 Å². The van der Waals surface area contributed by atoms with Gasteiger partial charge in [0.1, 0.15) is 10.5 Å². The highest BCUT2D eigenvalue weighted by Gasteiger charge is 2.18. The maximum atomic E-state index is 11.4. The third-order valence-corrected chi connectivity index (χ3v) is 3.24. The van der Waals surface area contributed by atoms with Crippen molar-refractivity contribution in [2.24, 2.45) is 0 Å². The second kappa shape index (κ2) is 2.50. The van der Waals surface area contributed by atoms with Gasteiger partial charge in [0.25, 0.3) is 0 Å². The van der Waals surface area contributed by atoms with Gasteiger partial charge in [-0.2, -0.15) is 4.98 Å². The molecule has 0 saturated heterocycles. The quantitative estimate of drug-likeness (QED) is 0.575. The molecule has 6 nitrogen and oxygen atoms in total. The van der Waals surface area contributed by atoms with Gasteiger partial charge in [-0.25, -0.2) is 9.59 Å². The molecule has 2 aromatic heterocycles. The molecule has 1 aliphatic heterocycles. The summed E-state index contributed by atoms with van der Waals surface area (Å²) in [5.41, 5.74) is 0.360. The normalized spacial score (nSPS) is 14.9. The summed E-state index contributed by atoms with van der Waals surface area (Å²) in [6.07, 6.45) is 0. The zero-order valence-corrected chi connectivity index (χ0v) is 7.85. The second-order valence-corrected chi connectivity index (χ2v) is 4.09. The first kappa shape index (κ1) is 7.86. The van der Waals surface area contributed by atoms with Crippen LogP contribution in [-0.4, -0.2) is 25.3 Å². The number of nitrogens with zero attached hydrogens (tertiary/aromatic N) is 2. The lowest BCUT2D eigenvalue weighted by Gasteiger charge is -1.99. The smallest absolute Gasteiger partial charge is 0.302 e. The second-order valence-electron chi connectivity index (χ2n) is 3.00. The molecule has 3 rings (SSSR count). The fraction of sp³-hybridized carbons (Fsp3) is 0.286. The Bertz CT molecular complexity index is 623. The summed E-state index contributed by atoms with van der Waals surface area (Å²) < 4.78 is 1.58. The van der Waals surface area contributed by atoms with Gasteiger partial charge < -0.3 is 4.98 Å². The fourth-order valence-electron chi connectivity index (χ4n) is 1.57. The largest absolute Gasteiger partial charge is 0.350 e. The van der Waals surface area contributed by atoms with Gasteiger partial charge in [-0.15, -0.1) is 11.8 Å². The molecule has 72 valence electrons. The van der Waals surface area contributed by atoms with Gasteiger partial charge in [0.15, 0.2) is 5.65 Å². The number of imidazole rings is 1. The lowest BCUT2D eigenvalue weighted by molar-refractivity contribution is 0.677. The van der Waals surface area contributed by atoms with Crippen LogP contribution in [-0.2, 0) is 6.54 Å². The zero-order chi connectivity index (χ0) is 9.71. The van der Waals surface area contributed by atoms with E-state index < -0.39 is 0 Å². The first-order chi connectivity index (χ1) is 6.75. The van der Waals surface area contributed by atoms with Crippen LogP contribution in [0, 0.1) is 0 Å². The minimum Gasteiger partial charge on any atom is -0.302 e. The van der Waals surface area contributed by atoms with Gasteiger partial charge in [-0.1, -0.05) is 0 Å². The molecule has 0 aromatic carbocycles. The molecular weight excluding hydrogens is 204 g/mol. The van der Waals surface area contributed by atoms with Crippen LogP contribution in [0.4, 0.5) is 0 Å². The molecule has 0 saturated carbocycles. The number of fused-ring (bicyclic) bond motifs is 3. The summed E-state index contributed by atoms with van der Waals surface area (Å²) in [6.45, 7) is 0.662. The van der Waals surface area contributed by atoms with Crippen LogP contribution in [0.25, 0.3) is 11.2 Å². The van der Waals surface area contributed by atoms with Crippen molar-refractivity contribution >= 4 is 22.9 Å². The maximum Gasteiger partial charge on any atom is 0.350 e. The molecule has 1 aliphatic rings. The molecule has 0 aliphatic carbocycles. The monoisotopic (exact) mass is 210 g/mol. The number of aromatic amines is 2. The number of hydrogen-bond donors (Lipinski definition) is 2. The van der Waals surface area contributed by atoms with Crippen LogP contribution in [0.15, 0.2) is 14.6 Å². The molecular formula is C7H6N4O2S. The predicted molar refractivity (Wildman–Crippen MR) is 51.7 cm³/mol. The van der Waals surface area contributed by atoms with E-state index in [4.69, 9.17) is 0 Å². The van der Waals surface area contributed by atoms with E-state index in [1.165, 1.54) is 0 Å². The predicted octanol–water partition coefficient (Wildman–Crippen LogP) is -0.481. The Morgan fingerprint density at radius 1 is 1.36 bits per heavy atom. The topological polar surface area (TPSA) is 83.5 Å². The van der Waals surface area contributed by atoms with Crippen LogP contribution in [0.5, 0.6) is 0 Å². The summed E-state index contributed by atoms with van der Waals surface area (Å²) in [5.74, 6) is 0.850. The van der Waals surface area contributed by atoms with Gasteiger partial charge in [0, 0.05) is 12.3 Å². The van der Waals surface area contributed by atoms with E-state index in [1.54, 1.807) is 16.3 Å². The Morgan fingerprint density at radius 3 is 3.07 bits per heavy atom. The van der Waals surface area contributed by atoms with E-state index in [2.05, 4.69) is 15.0 Å². The maximum absolute atomic E-state index is 11.4. The standard InChI is InChI=1S/C7H6N4O2S/c12-6-8-3-4(9-6)10-7(13)11-1-2-14-5(3)11/h1-2H2,(H2,8,9,10,12,13). The number of rotatable bonds is 0. The third kappa shape index (κ3) is 0.897. The van der Waals surface area contributed by atoms with E-state index in [0.29, 0.717) is 17.7 Å². The van der Waals surface area contributed by atoms with E-state index in [1.807, 2.05) is 0 Å². The van der Waals surface area contributed by atoms with Crippen LogP contribution in [0.3, 0.4) is 0 Å². The van der Waals surface area contributed by atoms with E-state index in [0.717, 1.165) is 10.8 Å². The molecule has 2 N–H and O–H groups in total. The molecule has 0 radical (unpaired) electrons. The number of thioether (sulfide) groups is 1. The van der Waals surface area contributed by atoms with Gasteiger partial charge >= 0.3 is 11.4 Å². The Labute approximate surface area is 81.4 Å². The Morgan fingerprint density at radius 2 is 2.21 bits per heavy atom. The van der Waals surface area contributed by atoms with Gasteiger partial charge in [0.05, 0.1) is 0 Å². The number of hydrogen-bond acceptors (Lipinski definition) is 4. The summed E-state index contributed by atoms with van der Waals surface area (Å²) in [7, 11) is 0. The Kier molecular flexibility index (Phi) is 1.41. The molecule has 2 aromatic rings. The lowest BCUT2D eigenvalue weighted by Crippen LogP contribution is -2.21. The highest BCUT2D eigenvalue weighted by atomic mass is 32.2. The molecule has 0 unspecified atom stereocenters. The fourth-order valence-corrected chi connectivity index (χ4v) is 2.66. The van der Waals surface area contributed by atoms with Crippen molar-refractivity contribution in [3.8, 4) is 0 Å². The molecule has 7 heteroatoms. The molecule has 3 heterocycles. The van der Waals surface area contributed by atoms with Crippen molar-refractivity contribution in [3.63, 3.8) is 0 Å². The highest BCUT2D eigenvalue weighted by Crippen LogP contribution is 2.27. The van der Waals surface area contributed by atoms with Crippen molar-refractivity contribution in [2.75, 3.05) is 5.75 Å². The number of aromatic nitrogens is 4. The summed E-state index contributed by atoms with van der Waals surface area (Å²) in [4.78, 5) is 31.4. The minimum atomic E-state index is -0.326. The van der Waals surface area contributed by atoms with Crippen molar-refractivity contribution in [1.82, 2.24) is 19.5 Å². The average Bonchev–Trinajstić information content (AvgIpc) is 2.69. The first-order valence-electron chi connectivity index (χ1n) is 4.11. The van der Waals surface area contributed by atoms with E-state index in [9.17, 15) is 9.59 Å². The SMILES string of the molecule is O=c1[nH]c2nc(=O)n3c(c2[nH]1)SCC3. The van der Waals surface area contributed by atoms with Crippen LogP contribution in [0.2, 0.25) is 0 Å². The Hall–Kier alpha value is -1.50. The first-order valence-corrected chi connectivity index (χ1v) is 5.10. The number of H-pyrrole nitrogens is 2. The summed E-state index contributed by atoms with van der Waals surface area (Å²) >= 11 is 1.56. The highest BCUT2D eigenvalue weighted by molar-refractivity contribution is 7.99. The minimum absolute atomic E-state index is 0.298. The van der Waals surface area contributed by atoms with Gasteiger partial charge in [-0.05, 0) is 0 Å². The molecule has 0 atom stereocenters. The van der Waals surface area contributed by atoms with Gasteiger partial charge in [-0.3, -0.25) is 9.55 Å². The van der Waals surface area contributed by atoms with E-state index in [-0.39, 0.29) is 11.4 Å². The lowest BCUT2D eigenvalue weighted by atomic mass is 10.5. The van der Waals surface area contributed by atoms with Crippen LogP contribution >= 0.6 is 11.8 Å². The van der Waals surface area contributed by atoms with Crippen LogP contribution in [0.1, 0.15) is 0 Å². The number of nitrogens with one attached hydrogen (secondary N) is 2. The molecule has 0 amide bonds. The summed E-state index contributed by atoms with van der Waals surface area (Å²) in [5, 5.41) is 0.804. The van der Waals surface area contributed by atoms with Gasteiger partial charge in [0.2, 0.25) is 0 Å². The third-order valence-electron chi connectivity index (χ3n) is 2.16. The molecule has 0 bridgehead atoms. The van der Waals surface area contributed by atoms with Crippen LogP contribution < -0.4 is 11.4 Å². The molecule has 0 spiro atoms. The van der Waals surface area contributed by atoms with Crippen molar-refractivity contribution in [1.29, 1.82) is 0 Å². The summed E-state index contributed by atoms with van der Waals surface area (Å²) in [6, 6.07) is 0. The van der Waals surface area contributed by atoms with Crippen molar-refractivity contribution in [3.05, 3.63) is 21.0 Å². The Balaban J connectivity index is 2.57. The average molecular weight is 210 g/mol. The van der Waals surface area contributed by atoms with E-state index >= 15 is 0 Å². The zero-order valence-electron chi connectivity index (χ0n) is 7.03.